The van der Waals surface area contributed by atoms with Crippen LogP contribution in [0.4, 0.5) is 5.69 Å². The van der Waals surface area contributed by atoms with Gasteiger partial charge in [-0.25, -0.2) is 9.67 Å². The predicted molar refractivity (Wildman–Crippen MR) is 80.7 cm³/mol. The van der Waals surface area contributed by atoms with E-state index < -0.39 is 0 Å². The zero-order valence-electron chi connectivity index (χ0n) is 12.1. The standard InChI is InChI=1S/C15H21N5/c1-19(2)13-5-3-12(4-6-13)15-17-14-9-11(10-16)7-8-20(14)18-15/h3-6,11H,7-10,16H2,1-2H3. The van der Waals surface area contributed by atoms with E-state index in [-0.39, 0.29) is 0 Å². The van der Waals surface area contributed by atoms with Crippen LogP contribution in [0, 0.1) is 5.92 Å². The SMILES string of the molecule is CN(C)c1ccc(-c2nc3n(n2)CCC(CN)C3)cc1. The lowest BCUT2D eigenvalue weighted by molar-refractivity contribution is 0.369. The van der Waals surface area contributed by atoms with Crippen LogP contribution in [0.3, 0.4) is 0 Å². The normalized spacial score (nSPS) is 17.9. The van der Waals surface area contributed by atoms with Crippen molar-refractivity contribution >= 4 is 5.69 Å². The number of rotatable bonds is 3. The smallest absolute Gasteiger partial charge is 0.181 e. The topological polar surface area (TPSA) is 60.0 Å². The zero-order valence-corrected chi connectivity index (χ0v) is 12.1. The van der Waals surface area contributed by atoms with E-state index in [4.69, 9.17) is 5.73 Å². The minimum Gasteiger partial charge on any atom is -0.378 e. The summed E-state index contributed by atoms with van der Waals surface area (Å²) in [6, 6.07) is 8.35. The zero-order chi connectivity index (χ0) is 14.1. The number of nitrogens with zero attached hydrogens (tertiary/aromatic N) is 4. The molecule has 0 amide bonds. The molecule has 2 aromatic rings. The van der Waals surface area contributed by atoms with Gasteiger partial charge < -0.3 is 10.6 Å². The van der Waals surface area contributed by atoms with Gasteiger partial charge in [0.15, 0.2) is 5.82 Å². The number of aromatic nitrogens is 3. The molecule has 1 atom stereocenters. The summed E-state index contributed by atoms with van der Waals surface area (Å²) in [6.45, 7) is 1.67. The van der Waals surface area contributed by atoms with Gasteiger partial charge in [-0.15, -0.1) is 0 Å². The molecule has 20 heavy (non-hydrogen) atoms. The molecule has 1 aromatic carbocycles. The Kier molecular flexibility index (Phi) is 3.44. The number of hydrogen-bond donors (Lipinski definition) is 1. The van der Waals surface area contributed by atoms with Gasteiger partial charge in [-0.2, -0.15) is 5.10 Å². The summed E-state index contributed by atoms with van der Waals surface area (Å²) in [6.07, 6.45) is 2.05. The Morgan fingerprint density at radius 3 is 2.70 bits per heavy atom. The average Bonchev–Trinajstić information content (AvgIpc) is 2.90. The van der Waals surface area contributed by atoms with Gasteiger partial charge in [-0.05, 0) is 43.1 Å². The molecular weight excluding hydrogens is 250 g/mol. The van der Waals surface area contributed by atoms with E-state index in [1.807, 2.05) is 18.8 Å². The second-order valence-corrected chi connectivity index (χ2v) is 5.61. The molecule has 2 N–H and O–H groups in total. The van der Waals surface area contributed by atoms with Gasteiger partial charge >= 0.3 is 0 Å². The summed E-state index contributed by atoms with van der Waals surface area (Å²) in [5, 5.41) is 4.62. The van der Waals surface area contributed by atoms with Crippen LogP contribution >= 0.6 is 0 Å². The van der Waals surface area contributed by atoms with Crippen molar-refractivity contribution in [2.24, 2.45) is 11.7 Å². The Bertz CT molecular complexity index is 585. The highest BCUT2D eigenvalue weighted by atomic mass is 15.3. The van der Waals surface area contributed by atoms with Gasteiger partial charge in [0.05, 0.1) is 0 Å². The van der Waals surface area contributed by atoms with Gasteiger partial charge in [0, 0.05) is 38.3 Å². The molecule has 1 aliphatic rings. The molecule has 3 rings (SSSR count). The molecule has 0 bridgehead atoms. The number of hydrogen-bond acceptors (Lipinski definition) is 4. The van der Waals surface area contributed by atoms with Crippen LogP contribution in [0.1, 0.15) is 12.2 Å². The largest absolute Gasteiger partial charge is 0.378 e. The Morgan fingerprint density at radius 1 is 1.30 bits per heavy atom. The maximum atomic E-state index is 5.76. The van der Waals surface area contributed by atoms with Crippen LogP contribution in [0.15, 0.2) is 24.3 Å². The molecule has 5 heteroatoms. The number of anilines is 1. The molecular formula is C15H21N5. The van der Waals surface area contributed by atoms with Crippen LogP contribution in [0.5, 0.6) is 0 Å². The molecule has 1 aromatic heterocycles. The average molecular weight is 271 g/mol. The Balaban J connectivity index is 1.86. The number of fused-ring (bicyclic) bond motifs is 1. The molecule has 0 fully saturated rings. The minimum absolute atomic E-state index is 0.552. The number of nitrogens with two attached hydrogens (primary N) is 1. The molecule has 1 aliphatic heterocycles. The molecule has 0 aliphatic carbocycles. The van der Waals surface area contributed by atoms with Gasteiger partial charge in [0.25, 0.3) is 0 Å². The van der Waals surface area contributed by atoms with Gasteiger partial charge in [-0.1, -0.05) is 0 Å². The molecule has 5 nitrogen and oxygen atoms in total. The minimum atomic E-state index is 0.552. The quantitative estimate of drug-likeness (QED) is 0.919. The van der Waals surface area contributed by atoms with Crippen molar-refractivity contribution in [3.05, 3.63) is 30.1 Å². The maximum absolute atomic E-state index is 5.76. The Hall–Kier alpha value is -1.88. The van der Waals surface area contributed by atoms with Crippen LogP contribution in [-0.4, -0.2) is 35.4 Å². The summed E-state index contributed by atoms with van der Waals surface area (Å²) < 4.78 is 2.03. The van der Waals surface area contributed by atoms with E-state index in [0.29, 0.717) is 5.92 Å². The van der Waals surface area contributed by atoms with Crippen molar-refractivity contribution in [2.45, 2.75) is 19.4 Å². The summed E-state index contributed by atoms with van der Waals surface area (Å²) in [4.78, 5) is 6.76. The lowest BCUT2D eigenvalue weighted by atomic mass is 9.98. The van der Waals surface area contributed by atoms with Gasteiger partial charge in [0.2, 0.25) is 0 Å². The van der Waals surface area contributed by atoms with Crippen LogP contribution in [0.25, 0.3) is 11.4 Å². The molecule has 0 radical (unpaired) electrons. The first kappa shape index (κ1) is 13.1. The predicted octanol–water partition coefficient (Wildman–Crippen LogP) is 1.53. The van der Waals surface area contributed by atoms with E-state index in [1.54, 1.807) is 0 Å². The van der Waals surface area contributed by atoms with Gasteiger partial charge in [-0.3, -0.25) is 0 Å². The molecule has 2 heterocycles. The summed E-state index contributed by atoms with van der Waals surface area (Å²) >= 11 is 0. The number of aryl methyl sites for hydroxylation is 1. The van der Waals surface area contributed by atoms with Crippen molar-refractivity contribution in [3.8, 4) is 11.4 Å². The summed E-state index contributed by atoms with van der Waals surface area (Å²) in [5.41, 5.74) is 8.01. The lowest BCUT2D eigenvalue weighted by Gasteiger charge is -2.19. The second-order valence-electron chi connectivity index (χ2n) is 5.61. The van der Waals surface area contributed by atoms with E-state index in [0.717, 1.165) is 43.1 Å². The van der Waals surface area contributed by atoms with Crippen molar-refractivity contribution < 1.29 is 0 Å². The summed E-state index contributed by atoms with van der Waals surface area (Å²) in [5.74, 6) is 2.44. The fourth-order valence-corrected chi connectivity index (χ4v) is 2.60. The van der Waals surface area contributed by atoms with E-state index >= 15 is 0 Å². The maximum Gasteiger partial charge on any atom is 0.181 e. The third-order valence-corrected chi connectivity index (χ3v) is 3.94. The Morgan fingerprint density at radius 2 is 2.05 bits per heavy atom. The van der Waals surface area contributed by atoms with E-state index in [2.05, 4.69) is 39.2 Å². The fourth-order valence-electron chi connectivity index (χ4n) is 2.60. The monoisotopic (exact) mass is 271 g/mol. The first-order chi connectivity index (χ1) is 9.67. The van der Waals surface area contributed by atoms with Crippen LogP contribution in [0.2, 0.25) is 0 Å². The first-order valence-electron chi connectivity index (χ1n) is 7.09. The highest BCUT2D eigenvalue weighted by molar-refractivity contribution is 5.60. The molecule has 1 unspecified atom stereocenters. The highest BCUT2D eigenvalue weighted by Crippen LogP contribution is 2.23. The van der Waals surface area contributed by atoms with Gasteiger partial charge in [0.1, 0.15) is 5.82 Å². The molecule has 0 saturated heterocycles. The van der Waals surface area contributed by atoms with Crippen LogP contribution in [-0.2, 0) is 13.0 Å². The molecule has 106 valence electrons. The van der Waals surface area contributed by atoms with Crippen LogP contribution < -0.4 is 10.6 Å². The van der Waals surface area contributed by atoms with Crippen molar-refractivity contribution in [1.82, 2.24) is 14.8 Å². The third-order valence-electron chi connectivity index (χ3n) is 3.94. The number of benzene rings is 1. The molecule has 0 spiro atoms. The lowest BCUT2D eigenvalue weighted by Crippen LogP contribution is -2.25. The van der Waals surface area contributed by atoms with Crippen molar-refractivity contribution in [2.75, 3.05) is 25.5 Å². The second kappa shape index (κ2) is 5.25. The highest BCUT2D eigenvalue weighted by Gasteiger charge is 2.21. The fraction of sp³-hybridized carbons (Fsp3) is 0.467. The van der Waals surface area contributed by atoms with Crippen molar-refractivity contribution in [1.29, 1.82) is 0 Å². The van der Waals surface area contributed by atoms with E-state index in [9.17, 15) is 0 Å². The van der Waals surface area contributed by atoms with Crippen molar-refractivity contribution in [3.63, 3.8) is 0 Å². The third kappa shape index (κ3) is 2.41. The molecule has 0 saturated carbocycles. The Labute approximate surface area is 119 Å². The first-order valence-corrected chi connectivity index (χ1v) is 7.09. The van der Waals surface area contributed by atoms with E-state index in [1.165, 1.54) is 5.69 Å². The summed E-state index contributed by atoms with van der Waals surface area (Å²) in [7, 11) is 4.07.